The van der Waals surface area contributed by atoms with Gasteiger partial charge in [0.15, 0.2) is 0 Å². The van der Waals surface area contributed by atoms with E-state index in [4.69, 9.17) is 10.3 Å². The van der Waals surface area contributed by atoms with Crippen LogP contribution in [0.2, 0.25) is 0 Å². The number of furan rings is 1. The van der Waals surface area contributed by atoms with E-state index in [0.29, 0.717) is 5.96 Å². The minimum Gasteiger partial charge on any atom is -0.472 e. The minimum absolute atomic E-state index is 0.693. The van der Waals surface area contributed by atoms with Gasteiger partial charge in [-0.05, 0) is 12.5 Å². The maximum atomic E-state index is 5.40. The number of hydrogen-bond acceptors (Lipinski definition) is 3. The Bertz CT molecular complexity index is 294. The summed E-state index contributed by atoms with van der Waals surface area (Å²) in [5, 5.41) is 0. The number of nitrogens with one attached hydrogen (secondary N) is 1. The molecule has 0 spiro atoms. The van der Waals surface area contributed by atoms with Crippen molar-refractivity contribution in [2.45, 2.75) is 19.9 Å². The normalized spacial score (nSPS) is 11.5. The second-order valence-electron chi connectivity index (χ2n) is 3.34. The average molecular weight is 210 g/mol. The third-order valence-electron chi connectivity index (χ3n) is 1.98. The molecule has 0 aromatic carbocycles. The molecule has 0 amide bonds. The predicted molar refractivity (Wildman–Crippen MR) is 60.1 cm³/mol. The van der Waals surface area contributed by atoms with Crippen molar-refractivity contribution in [3.8, 4) is 0 Å². The van der Waals surface area contributed by atoms with Crippen LogP contribution in [0.3, 0.4) is 0 Å². The first kappa shape index (κ1) is 11.6. The largest absolute Gasteiger partial charge is 0.472 e. The summed E-state index contributed by atoms with van der Waals surface area (Å²) in [5.41, 5.74) is 3.69. The van der Waals surface area contributed by atoms with Crippen molar-refractivity contribution in [3.05, 3.63) is 24.2 Å². The van der Waals surface area contributed by atoms with Crippen molar-refractivity contribution in [1.29, 1.82) is 0 Å². The number of hydrazine groups is 1. The summed E-state index contributed by atoms with van der Waals surface area (Å²) in [6, 6.07) is 1.92. The fraction of sp³-hybridized carbons (Fsp3) is 0.500. The maximum Gasteiger partial charge on any atom is 0.208 e. The standard InChI is InChI=1S/C10H18N4O/c1-3-5-12-10(13-11)14(2)7-9-4-6-15-8-9/h4,6,8H,3,5,7,11H2,1-2H3,(H,12,13). The fourth-order valence-electron chi connectivity index (χ4n) is 1.23. The SMILES string of the molecule is CCCN=C(NN)N(C)Cc1ccoc1. The van der Waals surface area contributed by atoms with E-state index < -0.39 is 0 Å². The molecule has 5 heteroatoms. The lowest BCUT2D eigenvalue weighted by atomic mass is 10.3. The van der Waals surface area contributed by atoms with Gasteiger partial charge in [-0.3, -0.25) is 10.4 Å². The van der Waals surface area contributed by atoms with E-state index in [2.05, 4.69) is 17.3 Å². The molecule has 5 nitrogen and oxygen atoms in total. The molecule has 0 unspecified atom stereocenters. The third-order valence-corrected chi connectivity index (χ3v) is 1.98. The van der Waals surface area contributed by atoms with E-state index in [9.17, 15) is 0 Å². The van der Waals surface area contributed by atoms with Gasteiger partial charge in [0.1, 0.15) is 0 Å². The minimum atomic E-state index is 0.693. The maximum absolute atomic E-state index is 5.40. The Labute approximate surface area is 89.9 Å². The second kappa shape index (κ2) is 6.08. The summed E-state index contributed by atoms with van der Waals surface area (Å²) in [6.07, 6.45) is 4.37. The van der Waals surface area contributed by atoms with Gasteiger partial charge in [-0.25, -0.2) is 5.84 Å². The second-order valence-corrected chi connectivity index (χ2v) is 3.34. The number of nitrogens with zero attached hydrogens (tertiary/aromatic N) is 2. The van der Waals surface area contributed by atoms with Gasteiger partial charge < -0.3 is 9.32 Å². The molecule has 0 bridgehead atoms. The highest BCUT2D eigenvalue weighted by Crippen LogP contribution is 2.03. The first-order valence-corrected chi connectivity index (χ1v) is 5.01. The Kier molecular flexibility index (Phi) is 4.70. The van der Waals surface area contributed by atoms with Gasteiger partial charge in [0.2, 0.25) is 5.96 Å². The molecule has 1 heterocycles. The molecule has 0 aliphatic heterocycles. The van der Waals surface area contributed by atoms with Gasteiger partial charge in [-0.2, -0.15) is 0 Å². The molecular weight excluding hydrogens is 192 g/mol. The van der Waals surface area contributed by atoms with Gasteiger partial charge in [0.25, 0.3) is 0 Å². The number of hydrogen-bond donors (Lipinski definition) is 2. The van der Waals surface area contributed by atoms with Crippen molar-refractivity contribution >= 4 is 5.96 Å². The molecule has 1 rings (SSSR count). The molecule has 15 heavy (non-hydrogen) atoms. The van der Waals surface area contributed by atoms with Gasteiger partial charge in [-0.15, -0.1) is 0 Å². The molecule has 0 aliphatic carbocycles. The highest BCUT2D eigenvalue weighted by Gasteiger charge is 2.05. The van der Waals surface area contributed by atoms with E-state index >= 15 is 0 Å². The molecule has 84 valence electrons. The molecule has 0 aliphatic rings. The molecule has 0 fully saturated rings. The molecule has 1 aromatic heterocycles. The Morgan fingerprint density at radius 1 is 1.67 bits per heavy atom. The number of rotatable bonds is 4. The topological polar surface area (TPSA) is 66.8 Å². The van der Waals surface area contributed by atoms with Crippen LogP contribution in [0.25, 0.3) is 0 Å². The van der Waals surface area contributed by atoms with Crippen LogP contribution in [0, 0.1) is 0 Å². The van der Waals surface area contributed by atoms with Crippen molar-refractivity contribution in [3.63, 3.8) is 0 Å². The van der Waals surface area contributed by atoms with Gasteiger partial charge >= 0.3 is 0 Å². The summed E-state index contributed by atoms with van der Waals surface area (Å²) in [5.74, 6) is 6.09. The molecular formula is C10H18N4O. The zero-order valence-corrected chi connectivity index (χ0v) is 9.23. The fourth-order valence-corrected chi connectivity index (χ4v) is 1.23. The van der Waals surface area contributed by atoms with Gasteiger partial charge in [0, 0.05) is 25.7 Å². The molecule has 0 saturated carbocycles. The smallest absolute Gasteiger partial charge is 0.208 e. The summed E-state index contributed by atoms with van der Waals surface area (Å²) in [6.45, 7) is 3.58. The van der Waals surface area contributed by atoms with E-state index in [-0.39, 0.29) is 0 Å². The Hall–Kier alpha value is -1.49. The zero-order chi connectivity index (χ0) is 11.1. The van der Waals surface area contributed by atoms with Crippen LogP contribution < -0.4 is 11.3 Å². The van der Waals surface area contributed by atoms with Crippen molar-refractivity contribution in [2.75, 3.05) is 13.6 Å². The van der Waals surface area contributed by atoms with Crippen LogP contribution in [0.1, 0.15) is 18.9 Å². The lowest BCUT2D eigenvalue weighted by Crippen LogP contribution is -2.42. The van der Waals surface area contributed by atoms with Crippen molar-refractivity contribution in [1.82, 2.24) is 10.3 Å². The summed E-state index contributed by atoms with van der Waals surface area (Å²) < 4.78 is 4.99. The summed E-state index contributed by atoms with van der Waals surface area (Å²) >= 11 is 0. The van der Waals surface area contributed by atoms with Crippen molar-refractivity contribution in [2.24, 2.45) is 10.8 Å². The molecule has 3 N–H and O–H groups in total. The van der Waals surface area contributed by atoms with E-state index in [0.717, 1.165) is 25.1 Å². The first-order chi connectivity index (χ1) is 7.27. The Morgan fingerprint density at radius 3 is 3.00 bits per heavy atom. The number of guanidine groups is 1. The van der Waals surface area contributed by atoms with E-state index in [1.54, 1.807) is 12.5 Å². The number of nitrogens with two attached hydrogens (primary N) is 1. The average Bonchev–Trinajstić information content (AvgIpc) is 2.71. The molecule has 0 saturated heterocycles. The van der Waals surface area contributed by atoms with Crippen LogP contribution in [-0.4, -0.2) is 24.5 Å². The molecule has 1 aromatic rings. The van der Waals surface area contributed by atoms with Crippen molar-refractivity contribution < 1.29 is 4.42 Å². The van der Waals surface area contributed by atoms with Gasteiger partial charge in [0.05, 0.1) is 12.5 Å². The quantitative estimate of drug-likeness (QED) is 0.336. The van der Waals surface area contributed by atoms with E-state index in [1.807, 2.05) is 18.0 Å². The zero-order valence-electron chi connectivity index (χ0n) is 9.23. The van der Waals surface area contributed by atoms with Crippen LogP contribution >= 0.6 is 0 Å². The highest BCUT2D eigenvalue weighted by atomic mass is 16.3. The lowest BCUT2D eigenvalue weighted by Gasteiger charge is -2.19. The first-order valence-electron chi connectivity index (χ1n) is 5.01. The lowest BCUT2D eigenvalue weighted by molar-refractivity contribution is 0.471. The molecule has 0 atom stereocenters. The van der Waals surface area contributed by atoms with Gasteiger partial charge in [-0.1, -0.05) is 6.92 Å². The van der Waals surface area contributed by atoms with Crippen LogP contribution in [0.4, 0.5) is 0 Å². The highest BCUT2D eigenvalue weighted by molar-refractivity contribution is 5.79. The van der Waals surface area contributed by atoms with Crippen LogP contribution in [-0.2, 0) is 6.54 Å². The number of aliphatic imine (C=N–C) groups is 1. The van der Waals surface area contributed by atoms with Crippen LogP contribution in [0.15, 0.2) is 28.0 Å². The predicted octanol–water partition coefficient (Wildman–Crippen LogP) is 0.941. The third kappa shape index (κ3) is 3.63. The monoisotopic (exact) mass is 210 g/mol. The van der Waals surface area contributed by atoms with Crippen LogP contribution in [0.5, 0.6) is 0 Å². The summed E-state index contributed by atoms with van der Waals surface area (Å²) in [4.78, 5) is 6.26. The Morgan fingerprint density at radius 2 is 2.47 bits per heavy atom. The van der Waals surface area contributed by atoms with E-state index in [1.165, 1.54) is 0 Å². The molecule has 0 radical (unpaired) electrons. The Balaban J connectivity index is 2.53. The summed E-state index contributed by atoms with van der Waals surface area (Å²) in [7, 11) is 1.93.